The van der Waals surface area contributed by atoms with Crippen LogP contribution in [0.5, 0.6) is 5.75 Å². The minimum atomic E-state index is -0.318. The smallest absolute Gasteiger partial charge is 0.275 e. The Kier molecular flexibility index (Phi) is 4.29. The molecule has 0 bridgehead atoms. The van der Waals surface area contributed by atoms with Gasteiger partial charge in [0.25, 0.3) is 5.91 Å². The molecule has 100 valence electrons. The molecule has 0 unspecified atom stereocenters. The molecule has 0 atom stereocenters. The molecule has 1 heterocycles. The minimum Gasteiger partial charge on any atom is -0.495 e. The van der Waals surface area contributed by atoms with Gasteiger partial charge in [-0.25, -0.2) is 4.98 Å². The summed E-state index contributed by atoms with van der Waals surface area (Å²) in [6.45, 7) is 1.79. The number of halogens is 2. The van der Waals surface area contributed by atoms with E-state index in [2.05, 4.69) is 10.3 Å². The molecule has 19 heavy (non-hydrogen) atoms. The van der Waals surface area contributed by atoms with Gasteiger partial charge in [0.15, 0.2) is 4.47 Å². The van der Waals surface area contributed by atoms with Gasteiger partial charge < -0.3 is 10.1 Å². The number of hydrogen-bond acceptors (Lipinski definition) is 4. The summed E-state index contributed by atoms with van der Waals surface area (Å²) >= 11 is 13.0. The molecular formula is C12H10Cl2N2O2S. The number of benzene rings is 1. The van der Waals surface area contributed by atoms with Gasteiger partial charge in [-0.3, -0.25) is 4.79 Å². The van der Waals surface area contributed by atoms with Crippen LogP contribution in [0.15, 0.2) is 18.2 Å². The van der Waals surface area contributed by atoms with Crippen LogP contribution >= 0.6 is 34.5 Å². The molecule has 4 nitrogen and oxygen atoms in total. The van der Waals surface area contributed by atoms with Gasteiger partial charge in [0.05, 0.1) is 12.1 Å². The summed E-state index contributed by atoms with van der Waals surface area (Å²) in [5.41, 5.74) is 0.890. The van der Waals surface area contributed by atoms with E-state index >= 15 is 0 Å². The topological polar surface area (TPSA) is 51.2 Å². The van der Waals surface area contributed by atoms with E-state index in [-0.39, 0.29) is 5.91 Å². The Labute approximate surface area is 124 Å². The van der Waals surface area contributed by atoms with Gasteiger partial charge >= 0.3 is 0 Å². The van der Waals surface area contributed by atoms with Gasteiger partial charge in [0.1, 0.15) is 11.4 Å². The summed E-state index contributed by atoms with van der Waals surface area (Å²) in [5.74, 6) is 0.231. The summed E-state index contributed by atoms with van der Waals surface area (Å²) < 4.78 is 5.38. The Balaban J connectivity index is 2.19. The zero-order valence-electron chi connectivity index (χ0n) is 10.2. The molecule has 0 aliphatic rings. The van der Waals surface area contributed by atoms with Crippen molar-refractivity contribution in [2.75, 3.05) is 12.4 Å². The third-order valence-electron chi connectivity index (χ3n) is 2.40. The number of rotatable bonds is 3. The molecule has 0 aliphatic heterocycles. The molecule has 1 aromatic heterocycles. The van der Waals surface area contributed by atoms with Crippen LogP contribution in [0.25, 0.3) is 0 Å². The number of thiazole rings is 1. The molecule has 2 rings (SSSR count). The van der Waals surface area contributed by atoms with Gasteiger partial charge in [-0.1, -0.05) is 23.2 Å². The maximum absolute atomic E-state index is 12.0. The first-order chi connectivity index (χ1) is 9.01. The fourth-order valence-corrected chi connectivity index (χ4v) is 2.82. The number of nitrogens with one attached hydrogen (secondary N) is 1. The van der Waals surface area contributed by atoms with Gasteiger partial charge in [0, 0.05) is 10.6 Å². The fourth-order valence-electron chi connectivity index (χ4n) is 1.51. The number of carbonyl (C=O) groups is 1. The number of nitrogens with zero attached hydrogens (tertiary/aromatic N) is 1. The number of ether oxygens (including phenoxy) is 1. The lowest BCUT2D eigenvalue weighted by Crippen LogP contribution is -2.13. The Morgan fingerprint density at radius 1 is 1.42 bits per heavy atom. The quantitative estimate of drug-likeness (QED) is 0.930. The molecule has 1 amide bonds. The zero-order chi connectivity index (χ0) is 14.0. The monoisotopic (exact) mass is 316 g/mol. The first kappa shape index (κ1) is 14.1. The van der Waals surface area contributed by atoms with Crippen molar-refractivity contribution in [2.24, 2.45) is 0 Å². The summed E-state index contributed by atoms with van der Waals surface area (Å²) in [5, 5.41) is 3.14. The minimum absolute atomic E-state index is 0.318. The van der Waals surface area contributed by atoms with Crippen molar-refractivity contribution in [3.63, 3.8) is 0 Å². The highest BCUT2D eigenvalue weighted by Crippen LogP contribution is 2.28. The van der Waals surface area contributed by atoms with Gasteiger partial charge in [-0.2, -0.15) is 0 Å². The van der Waals surface area contributed by atoms with E-state index in [9.17, 15) is 4.79 Å². The summed E-state index contributed by atoms with van der Waals surface area (Å²) in [7, 11) is 1.53. The molecule has 1 N–H and O–H groups in total. The number of aromatic nitrogens is 1. The maximum atomic E-state index is 12.0. The van der Waals surface area contributed by atoms with Crippen LogP contribution < -0.4 is 10.1 Å². The number of anilines is 1. The number of hydrogen-bond donors (Lipinski definition) is 1. The maximum Gasteiger partial charge on any atom is 0.275 e. The summed E-state index contributed by atoms with van der Waals surface area (Å²) in [6.07, 6.45) is 0. The SMILES string of the molecule is COc1ccc(NC(=O)c2nc(Cl)sc2C)cc1Cl. The molecular weight excluding hydrogens is 307 g/mol. The lowest BCUT2D eigenvalue weighted by atomic mass is 10.3. The highest BCUT2D eigenvalue weighted by molar-refractivity contribution is 7.15. The highest BCUT2D eigenvalue weighted by Gasteiger charge is 2.15. The van der Waals surface area contributed by atoms with E-state index in [1.807, 2.05) is 0 Å². The number of methoxy groups -OCH3 is 1. The molecule has 0 spiro atoms. The summed E-state index contributed by atoms with van der Waals surface area (Å²) in [6, 6.07) is 4.99. The van der Waals surface area contributed by atoms with Crippen molar-refractivity contribution in [1.29, 1.82) is 0 Å². The highest BCUT2D eigenvalue weighted by atomic mass is 35.5. The van der Waals surface area contributed by atoms with Crippen molar-refractivity contribution in [1.82, 2.24) is 4.98 Å². The van der Waals surface area contributed by atoms with Crippen molar-refractivity contribution in [2.45, 2.75) is 6.92 Å². The second-order valence-corrected chi connectivity index (χ2v) is 5.87. The number of carbonyl (C=O) groups excluding carboxylic acids is 1. The Morgan fingerprint density at radius 3 is 2.68 bits per heavy atom. The van der Waals surface area contributed by atoms with E-state index in [0.717, 1.165) is 4.88 Å². The predicted octanol–water partition coefficient (Wildman–Crippen LogP) is 4.02. The first-order valence-corrected chi connectivity index (χ1v) is 6.86. The van der Waals surface area contributed by atoms with Crippen LogP contribution in [0, 0.1) is 6.92 Å². The van der Waals surface area contributed by atoms with Gasteiger partial charge in [-0.15, -0.1) is 11.3 Å². The molecule has 0 saturated carbocycles. The van der Waals surface area contributed by atoms with Crippen molar-refractivity contribution >= 4 is 46.1 Å². The molecule has 0 saturated heterocycles. The lowest BCUT2D eigenvalue weighted by molar-refractivity contribution is 0.102. The van der Waals surface area contributed by atoms with E-state index in [1.165, 1.54) is 18.4 Å². The normalized spacial score (nSPS) is 10.3. The summed E-state index contributed by atoms with van der Waals surface area (Å²) in [4.78, 5) is 16.8. The Hall–Kier alpha value is -1.30. The second kappa shape index (κ2) is 5.77. The van der Waals surface area contributed by atoms with E-state index in [4.69, 9.17) is 27.9 Å². The molecule has 0 aliphatic carbocycles. The second-order valence-electron chi connectivity index (χ2n) is 3.68. The van der Waals surface area contributed by atoms with Crippen LogP contribution in [0.3, 0.4) is 0 Å². The van der Waals surface area contributed by atoms with Crippen LogP contribution in [-0.4, -0.2) is 18.0 Å². The molecule has 0 radical (unpaired) electrons. The number of aryl methyl sites for hydroxylation is 1. The third kappa shape index (κ3) is 3.18. The first-order valence-electron chi connectivity index (χ1n) is 5.29. The third-order valence-corrected chi connectivity index (χ3v) is 3.77. The van der Waals surface area contributed by atoms with Crippen LogP contribution in [0.2, 0.25) is 9.49 Å². The van der Waals surface area contributed by atoms with Gasteiger partial charge in [-0.05, 0) is 25.1 Å². The fraction of sp³-hybridized carbons (Fsp3) is 0.167. The van der Waals surface area contributed by atoms with Crippen LogP contribution in [0.1, 0.15) is 15.4 Å². The van der Waals surface area contributed by atoms with Crippen LogP contribution in [0.4, 0.5) is 5.69 Å². The zero-order valence-corrected chi connectivity index (χ0v) is 12.5. The van der Waals surface area contributed by atoms with E-state index < -0.39 is 0 Å². The average molecular weight is 317 g/mol. The Morgan fingerprint density at radius 2 is 2.16 bits per heavy atom. The largest absolute Gasteiger partial charge is 0.495 e. The Bertz CT molecular complexity index is 628. The number of amides is 1. The predicted molar refractivity (Wildman–Crippen MR) is 77.8 cm³/mol. The van der Waals surface area contributed by atoms with Gasteiger partial charge in [0.2, 0.25) is 0 Å². The van der Waals surface area contributed by atoms with E-state index in [1.54, 1.807) is 25.1 Å². The molecule has 0 fully saturated rings. The van der Waals surface area contributed by atoms with Crippen LogP contribution in [-0.2, 0) is 0 Å². The molecule has 7 heteroatoms. The van der Waals surface area contributed by atoms with Crippen molar-refractivity contribution < 1.29 is 9.53 Å². The average Bonchev–Trinajstić information content (AvgIpc) is 2.69. The molecule has 1 aromatic carbocycles. The van der Waals surface area contributed by atoms with E-state index in [0.29, 0.717) is 26.6 Å². The lowest BCUT2D eigenvalue weighted by Gasteiger charge is -2.07. The molecule has 2 aromatic rings. The van der Waals surface area contributed by atoms with Crippen molar-refractivity contribution in [3.05, 3.63) is 38.3 Å². The van der Waals surface area contributed by atoms with Crippen molar-refractivity contribution in [3.8, 4) is 5.75 Å². The standard InChI is InChI=1S/C12H10Cl2N2O2S/c1-6-10(16-12(14)19-6)11(17)15-7-3-4-9(18-2)8(13)5-7/h3-5H,1-2H3,(H,15,17).